The number of nitrogens with two attached hydrogens (primary N) is 1. The molecule has 1 fully saturated rings. The van der Waals surface area contributed by atoms with Crippen LogP contribution in [0.2, 0.25) is 0 Å². The first-order valence-corrected chi connectivity index (χ1v) is 8.62. The van der Waals surface area contributed by atoms with Crippen molar-refractivity contribution in [1.82, 2.24) is 19.9 Å². The molecule has 1 amide bonds. The highest BCUT2D eigenvalue weighted by atomic mass is 35.5. The number of thiophene rings is 1. The number of piperazine rings is 1. The third kappa shape index (κ3) is 5.93. The van der Waals surface area contributed by atoms with Gasteiger partial charge in [0.2, 0.25) is 17.6 Å². The predicted octanol–water partition coefficient (Wildman–Crippen LogP) is 2.02. The number of halogens is 2. The van der Waals surface area contributed by atoms with E-state index >= 15 is 0 Å². The van der Waals surface area contributed by atoms with Crippen LogP contribution in [0.1, 0.15) is 19.2 Å². The van der Waals surface area contributed by atoms with Gasteiger partial charge in [0.25, 0.3) is 0 Å². The normalized spacial score (nSPS) is 16.0. The van der Waals surface area contributed by atoms with Crippen LogP contribution in [0.4, 0.5) is 0 Å². The van der Waals surface area contributed by atoms with Crippen molar-refractivity contribution in [3.05, 3.63) is 23.4 Å². The maximum absolute atomic E-state index is 12.0. The summed E-state index contributed by atoms with van der Waals surface area (Å²) in [4.78, 5) is 21.5. The van der Waals surface area contributed by atoms with E-state index in [0.29, 0.717) is 24.7 Å². The van der Waals surface area contributed by atoms with Gasteiger partial charge in [-0.25, -0.2) is 0 Å². The molecule has 25 heavy (non-hydrogen) atoms. The lowest BCUT2D eigenvalue weighted by Gasteiger charge is -2.34. The van der Waals surface area contributed by atoms with Crippen molar-refractivity contribution in [3.63, 3.8) is 0 Å². The molecule has 10 heteroatoms. The van der Waals surface area contributed by atoms with Crippen LogP contribution in [0, 0.1) is 0 Å². The molecule has 1 atom stereocenters. The lowest BCUT2D eigenvalue weighted by atomic mass is 10.2. The zero-order valence-corrected chi connectivity index (χ0v) is 16.4. The number of hydrogen-bond donors (Lipinski definition) is 1. The molecular formula is C15H23Cl2N5O2S. The van der Waals surface area contributed by atoms with Gasteiger partial charge in [0, 0.05) is 38.6 Å². The lowest BCUT2D eigenvalue weighted by Crippen LogP contribution is -2.49. The number of aromatic nitrogens is 2. The molecule has 3 heterocycles. The predicted molar refractivity (Wildman–Crippen MR) is 102 cm³/mol. The topological polar surface area (TPSA) is 88.5 Å². The van der Waals surface area contributed by atoms with Gasteiger partial charge in [0.05, 0.1) is 11.4 Å². The van der Waals surface area contributed by atoms with Crippen LogP contribution in [-0.2, 0) is 11.3 Å². The fourth-order valence-corrected chi connectivity index (χ4v) is 3.23. The zero-order chi connectivity index (χ0) is 16.2. The van der Waals surface area contributed by atoms with Gasteiger partial charge in [-0.15, -0.1) is 36.2 Å². The second kappa shape index (κ2) is 10.1. The van der Waals surface area contributed by atoms with E-state index in [-0.39, 0.29) is 36.8 Å². The molecule has 0 aromatic carbocycles. The van der Waals surface area contributed by atoms with E-state index in [1.807, 2.05) is 29.3 Å². The Morgan fingerprint density at radius 3 is 2.68 bits per heavy atom. The van der Waals surface area contributed by atoms with Gasteiger partial charge >= 0.3 is 0 Å². The second-order valence-electron chi connectivity index (χ2n) is 5.83. The van der Waals surface area contributed by atoms with E-state index < -0.39 is 0 Å². The summed E-state index contributed by atoms with van der Waals surface area (Å²) in [6.45, 7) is 5.53. The Morgan fingerprint density at radius 2 is 2.08 bits per heavy atom. The van der Waals surface area contributed by atoms with Crippen molar-refractivity contribution >= 4 is 42.1 Å². The van der Waals surface area contributed by atoms with E-state index in [4.69, 9.17) is 10.3 Å². The quantitative estimate of drug-likeness (QED) is 0.815. The first-order valence-electron chi connectivity index (χ1n) is 7.74. The Labute approximate surface area is 163 Å². The highest BCUT2D eigenvalue weighted by Gasteiger charge is 2.23. The monoisotopic (exact) mass is 407 g/mol. The molecule has 1 unspecified atom stereocenters. The third-order valence-corrected chi connectivity index (χ3v) is 4.66. The minimum Gasteiger partial charge on any atom is -0.340 e. The fraction of sp³-hybridized carbons (Fsp3) is 0.533. The van der Waals surface area contributed by atoms with Crippen LogP contribution in [0.3, 0.4) is 0 Å². The summed E-state index contributed by atoms with van der Waals surface area (Å²) >= 11 is 1.59. The van der Waals surface area contributed by atoms with E-state index in [9.17, 15) is 4.79 Å². The van der Waals surface area contributed by atoms with Crippen molar-refractivity contribution in [2.45, 2.75) is 25.9 Å². The molecule has 0 saturated carbocycles. The SMILES string of the molecule is CC(N)CC(=O)N1CCN(Cc2nc(-c3cccs3)no2)CC1.Cl.Cl. The maximum Gasteiger partial charge on any atom is 0.241 e. The highest BCUT2D eigenvalue weighted by molar-refractivity contribution is 7.13. The Morgan fingerprint density at radius 1 is 1.36 bits per heavy atom. The van der Waals surface area contributed by atoms with Crippen molar-refractivity contribution in [3.8, 4) is 10.7 Å². The smallest absolute Gasteiger partial charge is 0.241 e. The molecule has 1 aliphatic heterocycles. The van der Waals surface area contributed by atoms with Crippen LogP contribution in [-0.4, -0.2) is 58.1 Å². The van der Waals surface area contributed by atoms with Gasteiger partial charge in [0.15, 0.2) is 0 Å². The number of rotatable bonds is 5. The van der Waals surface area contributed by atoms with Crippen LogP contribution >= 0.6 is 36.2 Å². The van der Waals surface area contributed by atoms with Crippen molar-refractivity contribution in [1.29, 1.82) is 0 Å². The summed E-state index contributed by atoms with van der Waals surface area (Å²) in [5.41, 5.74) is 5.69. The summed E-state index contributed by atoms with van der Waals surface area (Å²) in [5, 5.41) is 6.01. The third-order valence-electron chi connectivity index (χ3n) is 3.79. The average Bonchev–Trinajstić information content (AvgIpc) is 3.18. The standard InChI is InChI=1S/C15H21N5O2S.2ClH/c1-11(16)9-14(21)20-6-4-19(5-7-20)10-13-17-15(18-22-13)12-3-2-8-23-12;;/h2-3,8,11H,4-7,9-10,16H2,1H3;2*1H. The van der Waals surface area contributed by atoms with Crippen molar-refractivity contribution < 1.29 is 9.32 Å². The molecule has 1 aliphatic rings. The minimum atomic E-state index is -0.0883. The van der Waals surface area contributed by atoms with E-state index in [1.165, 1.54) is 0 Å². The number of nitrogens with zero attached hydrogens (tertiary/aromatic N) is 4. The Hall–Kier alpha value is -1.19. The van der Waals surface area contributed by atoms with Gasteiger partial charge in [-0.1, -0.05) is 11.2 Å². The van der Waals surface area contributed by atoms with E-state index in [0.717, 1.165) is 31.1 Å². The second-order valence-corrected chi connectivity index (χ2v) is 6.78. The number of amides is 1. The fourth-order valence-electron chi connectivity index (χ4n) is 2.58. The first kappa shape index (κ1) is 21.9. The highest BCUT2D eigenvalue weighted by Crippen LogP contribution is 2.21. The number of hydrogen-bond acceptors (Lipinski definition) is 7. The Balaban J connectivity index is 0.00000156. The molecule has 0 radical (unpaired) electrons. The van der Waals surface area contributed by atoms with Crippen LogP contribution in [0.5, 0.6) is 0 Å². The van der Waals surface area contributed by atoms with Gasteiger partial charge in [-0.3, -0.25) is 9.69 Å². The Bertz CT molecular complexity index is 642. The molecular weight excluding hydrogens is 385 g/mol. The lowest BCUT2D eigenvalue weighted by molar-refractivity contribution is -0.133. The summed E-state index contributed by atoms with van der Waals surface area (Å²) in [6.07, 6.45) is 0.411. The molecule has 7 nitrogen and oxygen atoms in total. The molecule has 0 bridgehead atoms. The molecule has 0 aliphatic carbocycles. The van der Waals surface area contributed by atoms with E-state index in [2.05, 4.69) is 15.0 Å². The van der Waals surface area contributed by atoms with Gasteiger partial charge in [0.1, 0.15) is 0 Å². The summed E-state index contributed by atoms with van der Waals surface area (Å²) in [6, 6.07) is 3.85. The minimum absolute atomic E-state index is 0. The van der Waals surface area contributed by atoms with Gasteiger partial charge in [-0.2, -0.15) is 4.98 Å². The molecule has 2 N–H and O–H groups in total. The van der Waals surface area contributed by atoms with Gasteiger partial charge in [-0.05, 0) is 18.4 Å². The molecule has 0 spiro atoms. The molecule has 1 saturated heterocycles. The summed E-state index contributed by atoms with van der Waals surface area (Å²) in [5.74, 6) is 1.39. The first-order chi connectivity index (χ1) is 11.1. The Kier molecular flexibility index (Phi) is 8.81. The van der Waals surface area contributed by atoms with Crippen LogP contribution in [0.25, 0.3) is 10.7 Å². The summed E-state index contributed by atoms with van der Waals surface area (Å²) < 4.78 is 5.32. The molecule has 2 aromatic rings. The maximum atomic E-state index is 12.0. The molecule has 140 valence electrons. The molecule has 3 rings (SSSR count). The molecule has 2 aromatic heterocycles. The van der Waals surface area contributed by atoms with Crippen molar-refractivity contribution in [2.24, 2.45) is 5.73 Å². The largest absolute Gasteiger partial charge is 0.340 e. The van der Waals surface area contributed by atoms with Crippen LogP contribution < -0.4 is 5.73 Å². The van der Waals surface area contributed by atoms with Crippen LogP contribution in [0.15, 0.2) is 22.0 Å². The van der Waals surface area contributed by atoms with E-state index in [1.54, 1.807) is 11.3 Å². The van der Waals surface area contributed by atoms with Crippen molar-refractivity contribution in [2.75, 3.05) is 26.2 Å². The zero-order valence-electron chi connectivity index (χ0n) is 14.0. The number of carbonyl (C=O) groups is 1. The summed E-state index contributed by atoms with van der Waals surface area (Å²) in [7, 11) is 0. The average molecular weight is 408 g/mol. The van der Waals surface area contributed by atoms with Gasteiger partial charge < -0.3 is 15.2 Å². The number of carbonyl (C=O) groups excluding carboxylic acids is 1.